The van der Waals surface area contributed by atoms with Crippen LogP contribution in [0, 0.1) is 0 Å². The number of rotatable bonds is 10. The van der Waals surface area contributed by atoms with Crippen molar-refractivity contribution in [2.75, 3.05) is 27.2 Å². The van der Waals surface area contributed by atoms with Gasteiger partial charge in [-0.15, -0.1) is 0 Å². The maximum absolute atomic E-state index is 12.7. The molecule has 176 valence electrons. The summed E-state index contributed by atoms with van der Waals surface area (Å²) >= 11 is 0. The molecule has 8 nitrogen and oxygen atoms in total. The number of alkyl carbamates (subject to hydrolysis) is 1. The van der Waals surface area contributed by atoms with Crippen LogP contribution in [0.25, 0.3) is 11.1 Å². The Morgan fingerprint density at radius 2 is 1.58 bits per heavy atom. The van der Waals surface area contributed by atoms with E-state index in [4.69, 9.17) is 9.84 Å². The highest BCUT2D eigenvalue weighted by atomic mass is 16.5. The Bertz CT molecular complexity index is 962. The number of carbonyl (C=O) groups is 3. The van der Waals surface area contributed by atoms with Crippen LogP contribution in [-0.4, -0.2) is 67.3 Å². The molecule has 0 aliphatic heterocycles. The van der Waals surface area contributed by atoms with Crippen LogP contribution >= 0.6 is 0 Å². The maximum atomic E-state index is 12.7. The van der Waals surface area contributed by atoms with Crippen LogP contribution in [0.3, 0.4) is 0 Å². The Morgan fingerprint density at radius 3 is 2.12 bits per heavy atom. The summed E-state index contributed by atoms with van der Waals surface area (Å²) in [5, 5.41) is 14.2. The van der Waals surface area contributed by atoms with Gasteiger partial charge in [-0.05, 0) is 56.2 Å². The van der Waals surface area contributed by atoms with Crippen LogP contribution in [0.15, 0.2) is 48.5 Å². The van der Waals surface area contributed by atoms with Crippen molar-refractivity contribution >= 4 is 18.0 Å². The molecule has 33 heavy (non-hydrogen) atoms. The molecule has 3 N–H and O–H groups in total. The van der Waals surface area contributed by atoms with Gasteiger partial charge < -0.3 is 25.4 Å². The third-order valence-corrected chi connectivity index (χ3v) is 5.69. The first-order valence-electron chi connectivity index (χ1n) is 11.0. The quantitative estimate of drug-likeness (QED) is 0.511. The Hall–Kier alpha value is -3.39. The Morgan fingerprint density at radius 1 is 1.00 bits per heavy atom. The van der Waals surface area contributed by atoms with Gasteiger partial charge in [0, 0.05) is 12.0 Å². The predicted molar refractivity (Wildman–Crippen MR) is 125 cm³/mol. The monoisotopic (exact) mass is 453 g/mol. The van der Waals surface area contributed by atoms with E-state index in [2.05, 4.69) is 22.8 Å². The van der Waals surface area contributed by atoms with Crippen molar-refractivity contribution in [1.29, 1.82) is 0 Å². The molecular formula is C25H31N3O5. The van der Waals surface area contributed by atoms with Gasteiger partial charge in [-0.2, -0.15) is 0 Å². The molecule has 2 atom stereocenters. The average molecular weight is 454 g/mol. The first-order valence-corrected chi connectivity index (χ1v) is 11.0. The Kier molecular flexibility index (Phi) is 8.06. The summed E-state index contributed by atoms with van der Waals surface area (Å²) in [6.45, 7) is 2.33. The zero-order valence-electron chi connectivity index (χ0n) is 19.2. The van der Waals surface area contributed by atoms with Gasteiger partial charge in [0.2, 0.25) is 5.91 Å². The largest absolute Gasteiger partial charge is 0.481 e. The number of benzene rings is 2. The van der Waals surface area contributed by atoms with E-state index in [-0.39, 0.29) is 18.9 Å². The minimum Gasteiger partial charge on any atom is -0.481 e. The summed E-state index contributed by atoms with van der Waals surface area (Å²) in [5.41, 5.74) is 4.49. The highest BCUT2D eigenvalue weighted by molar-refractivity contribution is 5.86. The van der Waals surface area contributed by atoms with Crippen LogP contribution in [0.4, 0.5) is 4.79 Å². The molecule has 0 spiro atoms. The van der Waals surface area contributed by atoms with Gasteiger partial charge in [0.25, 0.3) is 0 Å². The van der Waals surface area contributed by atoms with Gasteiger partial charge in [-0.25, -0.2) is 4.79 Å². The minimum atomic E-state index is -1.00. The van der Waals surface area contributed by atoms with Gasteiger partial charge in [0.05, 0.1) is 6.42 Å². The van der Waals surface area contributed by atoms with Gasteiger partial charge in [-0.1, -0.05) is 48.5 Å². The molecule has 3 rings (SSSR count). The van der Waals surface area contributed by atoms with E-state index in [0.717, 1.165) is 22.3 Å². The SMILES string of the molecule is C[C@H](CC(=O)O)NC(=O)C(CCN(C)C)NC(=O)OCC1c2ccccc2-c2ccccc21. The van der Waals surface area contributed by atoms with Crippen LogP contribution in [0.5, 0.6) is 0 Å². The van der Waals surface area contributed by atoms with E-state index in [1.807, 2.05) is 55.4 Å². The smallest absolute Gasteiger partial charge is 0.407 e. The zero-order chi connectivity index (χ0) is 24.0. The molecule has 0 fully saturated rings. The number of hydrogen-bond donors (Lipinski definition) is 3. The summed E-state index contributed by atoms with van der Waals surface area (Å²) in [5.74, 6) is -1.51. The molecule has 2 aromatic carbocycles. The summed E-state index contributed by atoms with van der Waals surface area (Å²) in [6.07, 6.45) is -0.512. The molecule has 1 aliphatic carbocycles. The number of nitrogens with one attached hydrogen (secondary N) is 2. The van der Waals surface area contributed by atoms with Gasteiger partial charge in [0.1, 0.15) is 12.6 Å². The van der Waals surface area contributed by atoms with E-state index < -0.39 is 30.1 Å². The number of aliphatic carboxylic acids is 1. The Labute approximate surface area is 193 Å². The third kappa shape index (κ3) is 6.32. The first kappa shape index (κ1) is 24.3. The lowest BCUT2D eigenvalue weighted by Crippen LogP contribution is -2.50. The number of amides is 2. The molecule has 2 amide bonds. The van der Waals surface area contributed by atoms with Crippen LogP contribution in [0.2, 0.25) is 0 Å². The van der Waals surface area contributed by atoms with Gasteiger partial charge in [-0.3, -0.25) is 9.59 Å². The predicted octanol–water partition coefficient (Wildman–Crippen LogP) is 2.82. The molecule has 0 saturated heterocycles. The minimum absolute atomic E-state index is 0.0761. The number of carboxylic acids is 1. The van der Waals surface area contributed by atoms with Crippen LogP contribution in [-0.2, 0) is 14.3 Å². The first-order chi connectivity index (χ1) is 15.8. The molecule has 0 radical (unpaired) electrons. The lowest BCUT2D eigenvalue weighted by molar-refractivity contribution is -0.137. The summed E-state index contributed by atoms with van der Waals surface area (Å²) in [6, 6.07) is 14.7. The molecule has 0 heterocycles. The molecule has 0 aromatic heterocycles. The van der Waals surface area contributed by atoms with Gasteiger partial charge >= 0.3 is 12.1 Å². The maximum Gasteiger partial charge on any atom is 0.407 e. The lowest BCUT2D eigenvalue weighted by atomic mass is 9.98. The molecule has 2 aromatic rings. The van der Waals surface area contributed by atoms with E-state index >= 15 is 0 Å². The van der Waals surface area contributed by atoms with Crippen LogP contribution in [0.1, 0.15) is 36.8 Å². The molecule has 0 saturated carbocycles. The Balaban J connectivity index is 1.64. The second kappa shape index (κ2) is 11.0. The van der Waals surface area contributed by atoms with Crippen molar-refractivity contribution in [3.8, 4) is 11.1 Å². The molecular weight excluding hydrogens is 422 g/mol. The van der Waals surface area contributed by atoms with Crippen molar-refractivity contribution in [2.45, 2.75) is 37.8 Å². The number of carbonyl (C=O) groups excluding carboxylic acids is 2. The fraction of sp³-hybridized carbons (Fsp3) is 0.400. The van der Waals surface area contributed by atoms with Crippen molar-refractivity contribution < 1.29 is 24.2 Å². The topological polar surface area (TPSA) is 108 Å². The lowest BCUT2D eigenvalue weighted by Gasteiger charge is -2.22. The number of ether oxygens (including phenoxy) is 1. The second-order valence-electron chi connectivity index (χ2n) is 8.62. The highest BCUT2D eigenvalue weighted by Crippen LogP contribution is 2.44. The summed E-state index contributed by atoms with van der Waals surface area (Å²) in [4.78, 5) is 38.1. The summed E-state index contributed by atoms with van der Waals surface area (Å²) in [7, 11) is 3.74. The second-order valence-corrected chi connectivity index (χ2v) is 8.62. The number of nitrogens with zero attached hydrogens (tertiary/aromatic N) is 1. The fourth-order valence-electron chi connectivity index (χ4n) is 4.09. The fourth-order valence-corrected chi connectivity index (χ4v) is 4.09. The van der Waals surface area contributed by atoms with Crippen molar-refractivity contribution in [1.82, 2.24) is 15.5 Å². The average Bonchev–Trinajstić information content (AvgIpc) is 3.08. The highest BCUT2D eigenvalue weighted by Gasteiger charge is 2.30. The molecule has 1 unspecified atom stereocenters. The van der Waals surface area contributed by atoms with E-state index in [0.29, 0.717) is 13.0 Å². The van der Waals surface area contributed by atoms with Crippen LogP contribution < -0.4 is 10.6 Å². The van der Waals surface area contributed by atoms with Crippen molar-refractivity contribution in [3.63, 3.8) is 0 Å². The van der Waals surface area contributed by atoms with E-state index in [1.54, 1.807) is 6.92 Å². The van der Waals surface area contributed by atoms with E-state index in [1.165, 1.54) is 0 Å². The normalized spacial score (nSPS) is 14.2. The summed E-state index contributed by atoms with van der Waals surface area (Å²) < 4.78 is 5.56. The third-order valence-electron chi connectivity index (χ3n) is 5.69. The van der Waals surface area contributed by atoms with Crippen molar-refractivity contribution in [3.05, 3.63) is 59.7 Å². The zero-order valence-corrected chi connectivity index (χ0v) is 19.2. The number of fused-ring (bicyclic) bond motifs is 3. The molecule has 0 bridgehead atoms. The number of hydrogen-bond acceptors (Lipinski definition) is 5. The molecule has 8 heteroatoms. The standard InChI is InChI=1S/C25H31N3O5/c1-16(14-23(29)30)26-24(31)22(12-13-28(2)3)27-25(32)33-15-21-19-10-6-4-8-17(19)18-9-5-7-11-20(18)21/h4-11,16,21-22H,12-15H2,1-3H3,(H,26,31)(H,27,32)(H,29,30)/t16-,22?/m1/s1. The molecule has 1 aliphatic rings. The van der Waals surface area contributed by atoms with E-state index in [9.17, 15) is 14.4 Å². The number of carboxylic acid groups (broad SMARTS) is 1. The van der Waals surface area contributed by atoms with Gasteiger partial charge in [0.15, 0.2) is 0 Å². The van der Waals surface area contributed by atoms with Crippen molar-refractivity contribution in [2.24, 2.45) is 0 Å².